The zero-order valence-electron chi connectivity index (χ0n) is 8.19. The summed E-state index contributed by atoms with van der Waals surface area (Å²) in [6, 6.07) is 0.648. The number of carbonyl (C=O) groups is 2. The molecule has 0 saturated carbocycles. The predicted molar refractivity (Wildman–Crippen MR) is 61.9 cm³/mol. The van der Waals surface area contributed by atoms with Gasteiger partial charge in [0.25, 0.3) is 0 Å². The second-order valence-electron chi connectivity index (χ2n) is 2.88. The predicted octanol–water partition coefficient (Wildman–Crippen LogP) is 2.61. The van der Waals surface area contributed by atoms with Crippen molar-refractivity contribution in [3.63, 3.8) is 0 Å². The van der Waals surface area contributed by atoms with E-state index in [4.69, 9.17) is 11.6 Å². The number of alkyl halides is 1. The van der Waals surface area contributed by atoms with Crippen LogP contribution < -0.4 is 10.6 Å². The third-order valence-corrected chi connectivity index (χ3v) is 2.48. The number of benzene rings is 1. The van der Waals surface area contributed by atoms with Gasteiger partial charge in [-0.1, -0.05) is 0 Å². The molecule has 2 N–H and O–H groups in total. The minimum atomic E-state index is -0.990. The highest BCUT2D eigenvalue weighted by Gasteiger charge is 2.12. The first-order chi connectivity index (χ1) is 7.93. The maximum absolute atomic E-state index is 13.3. The second-order valence-corrected chi connectivity index (χ2v) is 4.00. The van der Waals surface area contributed by atoms with Crippen molar-refractivity contribution in [3.05, 3.63) is 28.2 Å². The molecule has 1 aromatic carbocycles. The van der Waals surface area contributed by atoms with Gasteiger partial charge in [-0.15, -0.1) is 11.6 Å². The first-order valence-corrected chi connectivity index (χ1v) is 5.58. The van der Waals surface area contributed by atoms with E-state index in [1.807, 2.05) is 10.6 Å². The lowest BCUT2D eigenvalue weighted by atomic mass is 10.3. The van der Waals surface area contributed by atoms with Crippen LogP contribution in [0.15, 0.2) is 16.6 Å². The lowest BCUT2D eigenvalue weighted by Gasteiger charge is -2.07. The molecule has 0 fully saturated rings. The molecule has 0 unspecified atom stereocenters. The topological polar surface area (TPSA) is 58.2 Å². The molecule has 8 heteroatoms. The van der Waals surface area contributed by atoms with Gasteiger partial charge in [0, 0.05) is 6.07 Å². The Bertz CT molecular complexity index is 471. The van der Waals surface area contributed by atoms with Gasteiger partial charge in [-0.25, -0.2) is 13.6 Å². The summed E-state index contributed by atoms with van der Waals surface area (Å²) in [5.74, 6) is -2.75. The normalized spacial score (nSPS) is 9.88. The molecule has 92 valence electrons. The van der Waals surface area contributed by atoms with Crippen molar-refractivity contribution in [2.75, 3.05) is 11.2 Å². The number of amides is 3. The van der Waals surface area contributed by atoms with E-state index >= 15 is 0 Å². The third-order valence-electron chi connectivity index (χ3n) is 1.63. The van der Waals surface area contributed by atoms with Gasteiger partial charge < -0.3 is 5.32 Å². The van der Waals surface area contributed by atoms with Gasteiger partial charge >= 0.3 is 6.03 Å². The van der Waals surface area contributed by atoms with Crippen LogP contribution in [-0.2, 0) is 4.79 Å². The summed E-state index contributed by atoms with van der Waals surface area (Å²) >= 11 is 7.93. The molecule has 0 aliphatic carbocycles. The van der Waals surface area contributed by atoms with E-state index in [1.165, 1.54) is 0 Å². The third kappa shape index (κ3) is 3.94. The zero-order valence-corrected chi connectivity index (χ0v) is 10.5. The van der Waals surface area contributed by atoms with Crippen molar-refractivity contribution in [2.45, 2.75) is 0 Å². The molecule has 3 amide bonds. The molecule has 1 rings (SSSR count). The number of carbonyl (C=O) groups excluding carboxylic acids is 2. The number of hydrogen-bond donors (Lipinski definition) is 2. The SMILES string of the molecule is O=C(CCl)NC(=O)Nc1cc(F)c(Br)cc1F. The van der Waals surface area contributed by atoms with Gasteiger partial charge in [-0.2, -0.15) is 0 Å². The Morgan fingerprint density at radius 3 is 2.53 bits per heavy atom. The molecular formula is C9H6BrClF2N2O2. The molecule has 0 aliphatic heterocycles. The van der Waals surface area contributed by atoms with Gasteiger partial charge in [-0.3, -0.25) is 10.1 Å². The highest BCUT2D eigenvalue weighted by atomic mass is 79.9. The summed E-state index contributed by atoms with van der Waals surface area (Å²) in [6.45, 7) is 0. The van der Waals surface area contributed by atoms with Gasteiger partial charge in [-0.05, 0) is 22.0 Å². The maximum atomic E-state index is 13.3. The molecule has 0 saturated heterocycles. The number of rotatable bonds is 2. The monoisotopic (exact) mass is 326 g/mol. The van der Waals surface area contributed by atoms with Crippen LogP contribution >= 0.6 is 27.5 Å². The van der Waals surface area contributed by atoms with E-state index in [2.05, 4.69) is 15.9 Å². The lowest BCUT2D eigenvalue weighted by Crippen LogP contribution is -2.35. The Balaban J connectivity index is 2.78. The number of nitrogens with one attached hydrogen (secondary N) is 2. The summed E-state index contributed by atoms with van der Waals surface area (Å²) in [5, 5.41) is 3.80. The summed E-state index contributed by atoms with van der Waals surface area (Å²) in [7, 11) is 0. The molecule has 0 spiro atoms. The standard InChI is InChI=1S/C9H6BrClF2N2O2/c10-4-1-6(13)7(2-5(4)12)14-9(17)15-8(16)3-11/h1-2H,3H2,(H2,14,15,16,17). The fourth-order valence-electron chi connectivity index (χ4n) is 0.932. The first-order valence-electron chi connectivity index (χ1n) is 4.25. The molecule has 0 heterocycles. The minimum Gasteiger partial charge on any atom is -0.305 e. The number of anilines is 1. The van der Waals surface area contributed by atoms with E-state index in [0.717, 1.165) is 12.1 Å². The number of urea groups is 1. The first kappa shape index (κ1) is 13.9. The molecule has 0 bridgehead atoms. The van der Waals surface area contributed by atoms with Crippen molar-refractivity contribution in [3.8, 4) is 0 Å². The molecule has 4 nitrogen and oxygen atoms in total. The summed E-state index contributed by atoms with van der Waals surface area (Å²) in [5.41, 5.74) is -0.384. The highest BCUT2D eigenvalue weighted by molar-refractivity contribution is 9.10. The molecule has 0 atom stereocenters. The van der Waals surface area contributed by atoms with E-state index in [0.29, 0.717) is 0 Å². The largest absolute Gasteiger partial charge is 0.325 e. The lowest BCUT2D eigenvalue weighted by molar-refractivity contribution is -0.117. The Hall–Kier alpha value is -1.21. The van der Waals surface area contributed by atoms with Crippen molar-refractivity contribution >= 4 is 45.2 Å². The van der Waals surface area contributed by atoms with Gasteiger partial charge in [0.15, 0.2) is 0 Å². The molecule has 0 radical (unpaired) electrons. The van der Waals surface area contributed by atoms with E-state index in [1.54, 1.807) is 0 Å². The fraction of sp³-hybridized carbons (Fsp3) is 0.111. The van der Waals surface area contributed by atoms with Gasteiger partial charge in [0.2, 0.25) is 5.91 Å². The minimum absolute atomic E-state index is 0.0715. The van der Waals surface area contributed by atoms with Crippen LogP contribution in [0.2, 0.25) is 0 Å². The highest BCUT2D eigenvalue weighted by Crippen LogP contribution is 2.23. The van der Waals surface area contributed by atoms with Crippen LogP contribution in [0.1, 0.15) is 0 Å². The Kier molecular flexibility index (Phi) is 4.83. The molecular weight excluding hydrogens is 321 g/mol. The van der Waals surface area contributed by atoms with Gasteiger partial charge in [0.1, 0.15) is 17.5 Å². The van der Waals surface area contributed by atoms with E-state index in [9.17, 15) is 18.4 Å². The van der Waals surface area contributed by atoms with Crippen LogP contribution in [0.4, 0.5) is 19.3 Å². The number of imide groups is 1. The second kappa shape index (κ2) is 5.92. The molecule has 17 heavy (non-hydrogen) atoms. The van der Waals surface area contributed by atoms with E-state index < -0.39 is 29.5 Å². The average molecular weight is 328 g/mol. The van der Waals surface area contributed by atoms with E-state index in [-0.39, 0.29) is 10.2 Å². The Morgan fingerprint density at radius 2 is 1.94 bits per heavy atom. The smallest absolute Gasteiger partial charge is 0.305 e. The molecule has 1 aromatic rings. The van der Waals surface area contributed by atoms with Crippen LogP contribution in [0, 0.1) is 11.6 Å². The molecule has 0 aromatic heterocycles. The summed E-state index contributed by atoms with van der Waals surface area (Å²) in [4.78, 5) is 21.9. The average Bonchev–Trinajstić information content (AvgIpc) is 2.25. The quantitative estimate of drug-likeness (QED) is 0.648. The van der Waals surface area contributed by atoms with Crippen molar-refractivity contribution in [2.24, 2.45) is 0 Å². The van der Waals surface area contributed by atoms with Crippen LogP contribution in [0.25, 0.3) is 0 Å². The van der Waals surface area contributed by atoms with Crippen molar-refractivity contribution in [1.29, 1.82) is 0 Å². The van der Waals surface area contributed by atoms with Crippen molar-refractivity contribution in [1.82, 2.24) is 5.32 Å². The fourth-order valence-corrected chi connectivity index (χ4v) is 1.31. The van der Waals surface area contributed by atoms with Gasteiger partial charge in [0.05, 0.1) is 10.2 Å². The maximum Gasteiger partial charge on any atom is 0.325 e. The van der Waals surface area contributed by atoms with Crippen molar-refractivity contribution < 1.29 is 18.4 Å². The number of hydrogen-bond acceptors (Lipinski definition) is 2. The van der Waals surface area contributed by atoms with Crippen LogP contribution in [0.3, 0.4) is 0 Å². The number of halogens is 4. The zero-order chi connectivity index (χ0) is 13.0. The van der Waals surface area contributed by atoms with Crippen LogP contribution in [0.5, 0.6) is 0 Å². The van der Waals surface area contributed by atoms with Crippen LogP contribution in [-0.4, -0.2) is 17.8 Å². The Labute approximate surface area is 108 Å². The molecule has 0 aliphatic rings. The summed E-state index contributed by atoms with van der Waals surface area (Å²) in [6.07, 6.45) is 0. The Morgan fingerprint density at radius 1 is 1.29 bits per heavy atom. The summed E-state index contributed by atoms with van der Waals surface area (Å²) < 4.78 is 26.3.